The van der Waals surface area contributed by atoms with Crippen molar-refractivity contribution in [2.45, 2.75) is 38.8 Å². The summed E-state index contributed by atoms with van der Waals surface area (Å²) in [5, 5.41) is 22.1. The van der Waals surface area contributed by atoms with Crippen molar-refractivity contribution in [3.8, 4) is 5.75 Å². The van der Waals surface area contributed by atoms with Crippen LogP contribution in [0.3, 0.4) is 0 Å². The van der Waals surface area contributed by atoms with E-state index in [1.54, 1.807) is 0 Å². The third-order valence-corrected chi connectivity index (χ3v) is 2.65. The van der Waals surface area contributed by atoms with Crippen molar-refractivity contribution in [1.82, 2.24) is 5.32 Å². The summed E-state index contributed by atoms with van der Waals surface area (Å²) in [6.07, 6.45) is 0.00776. The SMILES string of the molecule is CC(C)(C)NCC(O)COc1ccccc1CCO. The normalized spacial score (nSPS) is 13.3. The lowest BCUT2D eigenvalue weighted by molar-refractivity contribution is 0.0994. The van der Waals surface area contributed by atoms with E-state index in [9.17, 15) is 5.11 Å². The summed E-state index contributed by atoms with van der Waals surface area (Å²) in [6.45, 7) is 6.98. The number of aliphatic hydroxyl groups excluding tert-OH is 2. The molecule has 0 aromatic heterocycles. The number of ether oxygens (including phenoxy) is 1. The van der Waals surface area contributed by atoms with Gasteiger partial charge in [-0.15, -0.1) is 0 Å². The molecule has 0 fully saturated rings. The summed E-state index contributed by atoms with van der Waals surface area (Å²) >= 11 is 0. The minimum Gasteiger partial charge on any atom is -0.491 e. The zero-order valence-electron chi connectivity index (χ0n) is 12.0. The molecule has 1 atom stereocenters. The summed E-state index contributed by atoms with van der Waals surface area (Å²) in [5.41, 5.74) is 0.941. The van der Waals surface area contributed by atoms with Crippen molar-refractivity contribution < 1.29 is 14.9 Å². The summed E-state index contributed by atoms with van der Waals surface area (Å²) in [6, 6.07) is 7.58. The van der Waals surface area contributed by atoms with E-state index in [2.05, 4.69) is 26.1 Å². The summed E-state index contributed by atoms with van der Waals surface area (Å²) in [5.74, 6) is 0.728. The maximum absolute atomic E-state index is 9.86. The van der Waals surface area contributed by atoms with Crippen LogP contribution in [0, 0.1) is 0 Å². The van der Waals surface area contributed by atoms with Gasteiger partial charge in [-0.25, -0.2) is 0 Å². The number of rotatable bonds is 7. The van der Waals surface area contributed by atoms with Crippen molar-refractivity contribution in [3.63, 3.8) is 0 Å². The number of nitrogens with one attached hydrogen (secondary N) is 1. The Morgan fingerprint density at radius 3 is 2.58 bits per heavy atom. The van der Waals surface area contributed by atoms with Gasteiger partial charge in [-0.3, -0.25) is 0 Å². The first-order valence-electron chi connectivity index (χ1n) is 6.67. The lowest BCUT2D eigenvalue weighted by atomic mass is 10.1. The van der Waals surface area contributed by atoms with Crippen molar-refractivity contribution in [2.24, 2.45) is 0 Å². The van der Waals surface area contributed by atoms with Crippen LogP contribution in [0.25, 0.3) is 0 Å². The molecule has 0 amide bonds. The van der Waals surface area contributed by atoms with E-state index < -0.39 is 6.10 Å². The highest BCUT2D eigenvalue weighted by Gasteiger charge is 2.13. The molecule has 0 heterocycles. The Kier molecular flexibility index (Phi) is 6.28. The van der Waals surface area contributed by atoms with E-state index in [4.69, 9.17) is 9.84 Å². The van der Waals surface area contributed by atoms with Crippen molar-refractivity contribution in [1.29, 1.82) is 0 Å². The minimum atomic E-state index is -0.554. The molecule has 0 spiro atoms. The van der Waals surface area contributed by atoms with Crippen LogP contribution in [0.5, 0.6) is 5.75 Å². The number of para-hydroxylation sites is 1. The third-order valence-electron chi connectivity index (χ3n) is 2.65. The van der Waals surface area contributed by atoms with Crippen LogP contribution in [0.4, 0.5) is 0 Å². The van der Waals surface area contributed by atoms with Gasteiger partial charge in [-0.2, -0.15) is 0 Å². The van der Waals surface area contributed by atoms with E-state index in [-0.39, 0.29) is 18.8 Å². The highest BCUT2D eigenvalue weighted by atomic mass is 16.5. The van der Waals surface area contributed by atoms with Gasteiger partial charge in [0, 0.05) is 18.7 Å². The van der Waals surface area contributed by atoms with Gasteiger partial charge in [-0.1, -0.05) is 18.2 Å². The van der Waals surface area contributed by atoms with E-state index in [0.717, 1.165) is 11.3 Å². The second-order valence-electron chi connectivity index (χ2n) is 5.68. The predicted octanol–water partition coefficient (Wildman–Crippen LogP) is 1.35. The van der Waals surface area contributed by atoms with Gasteiger partial charge in [0.25, 0.3) is 0 Å². The number of hydrogen-bond acceptors (Lipinski definition) is 4. The average molecular weight is 267 g/mol. The summed E-state index contributed by atoms with van der Waals surface area (Å²) in [4.78, 5) is 0. The first kappa shape index (κ1) is 16.0. The van der Waals surface area contributed by atoms with Gasteiger partial charge >= 0.3 is 0 Å². The highest BCUT2D eigenvalue weighted by Crippen LogP contribution is 2.18. The Morgan fingerprint density at radius 2 is 1.95 bits per heavy atom. The molecule has 0 radical (unpaired) electrons. The van der Waals surface area contributed by atoms with Crippen LogP contribution in [0.15, 0.2) is 24.3 Å². The molecule has 1 rings (SSSR count). The van der Waals surface area contributed by atoms with Crippen LogP contribution >= 0.6 is 0 Å². The quantitative estimate of drug-likeness (QED) is 0.698. The second kappa shape index (κ2) is 7.48. The molecule has 4 heteroatoms. The molecular formula is C15H25NO3. The van der Waals surface area contributed by atoms with Gasteiger partial charge in [0.15, 0.2) is 0 Å². The minimum absolute atomic E-state index is 0.0181. The molecule has 19 heavy (non-hydrogen) atoms. The number of benzene rings is 1. The summed E-state index contributed by atoms with van der Waals surface area (Å²) in [7, 11) is 0. The zero-order valence-corrected chi connectivity index (χ0v) is 12.0. The van der Waals surface area contributed by atoms with Gasteiger partial charge in [0.2, 0.25) is 0 Å². The van der Waals surface area contributed by atoms with E-state index >= 15 is 0 Å². The monoisotopic (exact) mass is 267 g/mol. The molecule has 0 aliphatic rings. The average Bonchev–Trinajstić information content (AvgIpc) is 2.35. The third kappa shape index (κ3) is 6.57. The van der Waals surface area contributed by atoms with Crippen LogP contribution in [0.2, 0.25) is 0 Å². The molecule has 108 valence electrons. The standard InChI is InChI=1S/C15H25NO3/c1-15(2,3)16-10-13(18)11-19-14-7-5-4-6-12(14)8-9-17/h4-7,13,16-18H,8-11H2,1-3H3. The number of hydrogen-bond donors (Lipinski definition) is 3. The molecule has 0 aliphatic heterocycles. The summed E-state index contributed by atoms with van der Waals surface area (Å²) < 4.78 is 5.62. The van der Waals surface area contributed by atoms with E-state index in [0.29, 0.717) is 13.0 Å². The molecular weight excluding hydrogens is 242 g/mol. The van der Waals surface area contributed by atoms with Crippen LogP contribution in [-0.4, -0.2) is 41.6 Å². The fourth-order valence-corrected chi connectivity index (χ4v) is 1.64. The first-order chi connectivity index (χ1) is 8.92. The van der Waals surface area contributed by atoms with Gasteiger partial charge < -0.3 is 20.3 Å². The second-order valence-corrected chi connectivity index (χ2v) is 5.68. The lowest BCUT2D eigenvalue weighted by Crippen LogP contribution is -2.42. The predicted molar refractivity (Wildman–Crippen MR) is 76.5 cm³/mol. The number of aliphatic hydroxyl groups is 2. The highest BCUT2D eigenvalue weighted by molar-refractivity contribution is 5.33. The molecule has 3 N–H and O–H groups in total. The maximum atomic E-state index is 9.86. The Morgan fingerprint density at radius 1 is 1.26 bits per heavy atom. The van der Waals surface area contributed by atoms with Crippen LogP contribution in [0.1, 0.15) is 26.3 Å². The van der Waals surface area contributed by atoms with Crippen LogP contribution in [-0.2, 0) is 6.42 Å². The van der Waals surface area contributed by atoms with Crippen molar-refractivity contribution in [2.75, 3.05) is 19.8 Å². The Labute approximate surface area is 115 Å². The van der Waals surface area contributed by atoms with Gasteiger partial charge in [0.1, 0.15) is 18.5 Å². The van der Waals surface area contributed by atoms with Crippen molar-refractivity contribution >= 4 is 0 Å². The van der Waals surface area contributed by atoms with Crippen molar-refractivity contribution in [3.05, 3.63) is 29.8 Å². The first-order valence-corrected chi connectivity index (χ1v) is 6.67. The molecule has 1 aromatic rings. The topological polar surface area (TPSA) is 61.7 Å². The fraction of sp³-hybridized carbons (Fsp3) is 0.600. The maximum Gasteiger partial charge on any atom is 0.122 e. The van der Waals surface area contributed by atoms with E-state index in [1.807, 2.05) is 24.3 Å². The molecule has 1 aromatic carbocycles. The Bertz CT molecular complexity index is 374. The molecule has 0 saturated heterocycles. The Hall–Kier alpha value is -1.10. The smallest absolute Gasteiger partial charge is 0.122 e. The lowest BCUT2D eigenvalue weighted by Gasteiger charge is -2.23. The molecule has 0 aliphatic carbocycles. The van der Waals surface area contributed by atoms with Gasteiger partial charge in [0.05, 0.1) is 0 Å². The van der Waals surface area contributed by atoms with E-state index in [1.165, 1.54) is 0 Å². The molecule has 0 bridgehead atoms. The Balaban J connectivity index is 2.43. The van der Waals surface area contributed by atoms with Crippen LogP contribution < -0.4 is 10.1 Å². The van der Waals surface area contributed by atoms with Gasteiger partial charge in [-0.05, 0) is 38.8 Å². The molecule has 4 nitrogen and oxygen atoms in total. The number of β-amino-alcohol motifs (C(OH)–C–C–N with tert-alkyl or cyclic N) is 1. The molecule has 1 unspecified atom stereocenters. The zero-order chi connectivity index (χ0) is 14.3. The largest absolute Gasteiger partial charge is 0.491 e. The fourth-order valence-electron chi connectivity index (χ4n) is 1.64. The molecule has 0 saturated carbocycles.